The molecule has 214 valence electrons. The molecule has 0 aliphatic rings. The van der Waals surface area contributed by atoms with Crippen molar-refractivity contribution in [2.24, 2.45) is 0 Å². The van der Waals surface area contributed by atoms with E-state index in [1.165, 1.54) is 5.56 Å². The van der Waals surface area contributed by atoms with E-state index in [-0.39, 0.29) is 11.6 Å². The van der Waals surface area contributed by atoms with Crippen LogP contribution in [-0.2, 0) is 22.3 Å². The van der Waals surface area contributed by atoms with Gasteiger partial charge in [-0.25, -0.2) is 0 Å². The molecule has 2 rings (SSSR count). The molecule has 0 radical (unpaired) electrons. The molecule has 1 atom stereocenters. The minimum atomic E-state index is -4.65. The summed E-state index contributed by atoms with van der Waals surface area (Å²) < 4.78 is 39.1. The number of nitrogens with two attached hydrogens (primary N) is 1. The Kier molecular flexibility index (Phi) is 10.5. The first-order valence-corrected chi connectivity index (χ1v) is 12.6. The lowest BCUT2D eigenvalue weighted by Gasteiger charge is -2.27. The van der Waals surface area contributed by atoms with Crippen molar-refractivity contribution in [3.05, 3.63) is 64.2 Å². The smallest absolute Gasteiger partial charge is 0.398 e. The molecule has 8 nitrogen and oxygen atoms in total. The van der Waals surface area contributed by atoms with Crippen LogP contribution in [0.4, 0.5) is 18.9 Å². The highest BCUT2D eigenvalue weighted by molar-refractivity contribution is 6.01. The van der Waals surface area contributed by atoms with E-state index in [9.17, 15) is 27.6 Å². The van der Waals surface area contributed by atoms with Crippen LogP contribution < -0.4 is 21.7 Å². The van der Waals surface area contributed by atoms with Crippen molar-refractivity contribution in [2.45, 2.75) is 65.3 Å². The zero-order chi connectivity index (χ0) is 29.5. The number of hydrogen-bond acceptors (Lipinski definition) is 5. The maximum absolute atomic E-state index is 13.0. The highest BCUT2D eigenvalue weighted by Crippen LogP contribution is 2.31. The lowest BCUT2D eigenvalue weighted by atomic mass is 10.0. The summed E-state index contributed by atoms with van der Waals surface area (Å²) in [7, 11) is 1.92. The fourth-order valence-corrected chi connectivity index (χ4v) is 3.90. The number of amides is 3. The average molecular weight is 550 g/mol. The van der Waals surface area contributed by atoms with Gasteiger partial charge in [0.15, 0.2) is 0 Å². The topological polar surface area (TPSA) is 117 Å². The van der Waals surface area contributed by atoms with Crippen LogP contribution in [-0.4, -0.2) is 54.3 Å². The molecule has 0 spiro atoms. The molecule has 1 unspecified atom stereocenters. The van der Waals surface area contributed by atoms with Crippen LogP contribution >= 0.6 is 0 Å². The first kappa shape index (κ1) is 31.6. The normalized spacial score (nSPS) is 12.7. The molecular weight excluding hydrogens is 511 g/mol. The van der Waals surface area contributed by atoms with Crippen molar-refractivity contribution in [1.29, 1.82) is 0 Å². The monoisotopic (exact) mass is 549 g/mol. The van der Waals surface area contributed by atoms with Gasteiger partial charge in [-0.2, -0.15) is 13.2 Å². The van der Waals surface area contributed by atoms with Crippen LogP contribution in [0.5, 0.6) is 0 Å². The molecule has 0 saturated heterocycles. The van der Waals surface area contributed by atoms with Gasteiger partial charge < -0.3 is 26.6 Å². The lowest BCUT2D eigenvalue weighted by molar-refractivity contribution is -0.137. The van der Waals surface area contributed by atoms with Crippen molar-refractivity contribution in [1.82, 2.24) is 20.9 Å². The second-order valence-electron chi connectivity index (χ2n) is 10.8. The Morgan fingerprint density at radius 3 is 2.28 bits per heavy atom. The summed E-state index contributed by atoms with van der Waals surface area (Å²) >= 11 is 0. The summed E-state index contributed by atoms with van der Waals surface area (Å²) in [6.07, 6.45) is -4.36. The summed E-state index contributed by atoms with van der Waals surface area (Å²) in [6, 6.07) is 7.70. The molecule has 0 bridgehead atoms. The predicted molar refractivity (Wildman–Crippen MR) is 145 cm³/mol. The lowest BCUT2D eigenvalue weighted by Crippen LogP contribution is -2.54. The van der Waals surface area contributed by atoms with E-state index >= 15 is 0 Å². The Morgan fingerprint density at radius 2 is 1.69 bits per heavy atom. The molecule has 2 aromatic rings. The molecule has 0 saturated carbocycles. The summed E-state index contributed by atoms with van der Waals surface area (Å²) in [5.41, 5.74) is 7.03. The number of rotatable bonds is 10. The third-order valence-corrected chi connectivity index (χ3v) is 5.92. The van der Waals surface area contributed by atoms with Crippen LogP contribution in [0.3, 0.4) is 0 Å². The Balaban J connectivity index is 2.04. The van der Waals surface area contributed by atoms with Crippen molar-refractivity contribution < 1.29 is 27.6 Å². The van der Waals surface area contributed by atoms with Crippen LogP contribution in [0.1, 0.15) is 59.8 Å². The quantitative estimate of drug-likeness (QED) is 0.338. The van der Waals surface area contributed by atoms with Gasteiger partial charge in [-0.15, -0.1) is 0 Å². The zero-order valence-corrected chi connectivity index (χ0v) is 23.3. The first-order chi connectivity index (χ1) is 18.0. The third kappa shape index (κ3) is 10.2. The van der Waals surface area contributed by atoms with E-state index in [4.69, 9.17) is 5.73 Å². The molecule has 0 aliphatic heterocycles. The Hall–Kier alpha value is -3.60. The van der Waals surface area contributed by atoms with Gasteiger partial charge in [-0.05, 0) is 77.4 Å². The molecule has 11 heteroatoms. The minimum absolute atomic E-state index is 0.157. The average Bonchev–Trinajstić information content (AvgIpc) is 2.80. The number of aryl methyl sites for hydroxylation is 2. The third-order valence-electron chi connectivity index (χ3n) is 5.92. The molecule has 5 N–H and O–H groups in total. The van der Waals surface area contributed by atoms with E-state index < -0.39 is 47.2 Å². The highest BCUT2D eigenvalue weighted by atomic mass is 19.4. The second-order valence-corrected chi connectivity index (χ2v) is 10.8. The fourth-order valence-electron chi connectivity index (χ4n) is 3.90. The van der Waals surface area contributed by atoms with Gasteiger partial charge in [0.25, 0.3) is 5.91 Å². The van der Waals surface area contributed by atoms with Gasteiger partial charge in [-0.3, -0.25) is 14.4 Å². The number of carbonyl (C=O) groups excluding carboxylic acids is 3. The Morgan fingerprint density at radius 1 is 1.03 bits per heavy atom. The standard InChI is InChI=1S/C28H38F3N5O3/c1-17-7-8-19(18(2)13-17)16-36(6)12-11-23(26(39)35-27(3,4)5)34-24(37)15-33-25(38)21-14-20(28(29,30)31)9-10-22(21)32/h7-10,13-14,23H,11-12,15-16,32H2,1-6H3,(H,33,38)(H,34,37)(H,35,39). The maximum Gasteiger partial charge on any atom is 0.416 e. The molecular formula is C28H38F3N5O3. The van der Waals surface area contributed by atoms with Crippen molar-refractivity contribution in [3.8, 4) is 0 Å². The molecule has 0 aliphatic carbocycles. The summed E-state index contributed by atoms with van der Waals surface area (Å²) in [4.78, 5) is 40.1. The zero-order valence-electron chi connectivity index (χ0n) is 23.3. The number of nitrogens with zero attached hydrogens (tertiary/aromatic N) is 1. The van der Waals surface area contributed by atoms with E-state index in [1.54, 1.807) is 0 Å². The molecule has 39 heavy (non-hydrogen) atoms. The van der Waals surface area contributed by atoms with Gasteiger partial charge in [-0.1, -0.05) is 23.8 Å². The van der Waals surface area contributed by atoms with Crippen molar-refractivity contribution in [3.63, 3.8) is 0 Å². The van der Waals surface area contributed by atoms with E-state index in [1.807, 2.05) is 52.6 Å². The molecule has 2 aromatic carbocycles. The van der Waals surface area contributed by atoms with E-state index in [0.717, 1.165) is 23.3 Å². The van der Waals surface area contributed by atoms with Crippen molar-refractivity contribution in [2.75, 3.05) is 25.9 Å². The number of halogens is 3. The van der Waals surface area contributed by atoms with Gasteiger partial charge in [0.05, 0.1) is 17.7 Å². The Labute approximate surface area is 227 Å². The highest BCUT2D eigenvalue weighted by Gasteiger charge is 2.32. The van der Waals surface area contributed by atoms with Gasteiger partial charge in [0.1, 0.15) is 6.04 Å². The van der Waals surface area contributed by atoms with Crippen LogP contribution in [0.25, 0.3) is 0 Å². The number of nitrogens with one attached hydrogen (secondary N) is 3. The van der Waals surface area contributed by atoms with Crippen LogP contribution in [0.15, 0.2) is 36.4 Å². The largest absolute Gasteiger partial charge is 0.416 e. The van der Waals surface area contributed by atoms with E-state index in [0.29, 0.717) is 25.6 Å². The number of alkyl halides is 3. The van der Waals surface area contributed by atoms with Crippen LogP contribution in [0.2, 0.25) is 0 Å². The number of anilines is 1. The SMILES string of the molecule is Cc1ccc(CN(C)CCC(NC(=O)CNC(=O)c2cc(C(F)(F)F)ccc2N)C(=O)NC(C)(C)C)c(C)c1. The molecule has 3 amide bonds. The predicted octanol–water partition coefficient (Wildman–Crippen LogP) is 3.56. The van der Waals surface area contributed by atoms with Gasteiger partial charge >= 0.3 is 6.18 Å². The minimum Gasteiger partial charge on any atom is -0.398 e. The second kappa shape index (κ2) is 13.0. The summed E-state index contributed by atoms with van der Waals surface area (Å²) in [6.45, 7) is 10.1. The molecule has 0 aromatic heterocycles. The fraction of sp³-hybridized carbons (Fsp3) is 0.464. The number of carbonyl (C=O) groups is 3. The Bertz CT molecular complexity index is 1190. The molecule has 0 fully saturated rings. The molecule has 0 heterocycles. The maximum atomic E-state index is 13.0. The van der Waals surface area contributed by atoms with Gasteiger partial charge in [0, 0.05) is 24.3 Å². The van der Waals surface area contributed by atoms with Crippen molar-refractivity contribution >= 4 is 23.4 Å². The number of nitrogen functional groups attached to an aromatic ring is 1. The van der Waals surface area contributed by atoms with E-state index in [2.05, 4.69) is 28.1 Å². The number of benzene rings is 2. The summed E-state index contributed by atoms with van der Waals surface area (Å²) in [5, 5.41) is 7.76. The summed E-state index contributed by atoms with van der Waals surface area (Å²) in [5.74, 6) is -1.98. The van der Waals surface area contributed by atoms with Crippen LogP contribution in [0, 0.1) is 13.8 Å². The first-order valence-electron chi connectivity index (χ1n) is 12.6. The van der Waals surface area contributed by atoms with Gasteiger partial charge in [0.2, 0.25) is 11.8 Å². The number of hydrogen-bond donors (Lipinski definition) is 4.